The summed E-state index contributed by atoms with van der Waals surface area (Å²) in [6, 6.07) is 15.7. The highest BCUT2D eigenvalue weighted by molar-refractivity contribution is 7.89. The third-order valence-electron chi connectivity index (χ3n) is 3.84. The van der Waals surface area contributed by atoms with Crippen LogP contribution in [-0.4, -0.2) is 25.9 Å². The van der Waals surface area contributed by atoms with Crippen molar-refractivity contribution in [2.24, 2.45) is 0 Å². The van der Waals surface area contributed by atoms with Gasteiger partial charge < -0.3 is 4.74 Å². The Morgan fingerprint density at radius 3 is 2.59 bits per heavy atom. The van der Waals surface area contributed by atoms with E-state index in [0.717, 1.165) is 10.8 Å². The first-order valence-electron chi connectivity index (χ1n) is 8.18. The number of nitrogens with zero attached hydrogens (tertiary/aromatic N) is 1. The highest BCUT2D eigenvalue weighted by Gasteiger charge is 2.15. The van der Waals surface area contributed by atoms with Gasteiger partial charge in [0.25, 0.3) is 0 Å². The van der Waals surface area contributed by atoms with E-state index in [4.69, 9.17) is 16.3 Å². The number of carbonyl (C=O) groups excluding carboxylic acids is 1. The molecular formula is C19H17ClN2O4S. The first kappa shape index (κ1) is 19.3. The van der Waals surface area contributed by atoms with Gasteiger partial charge in [0.1, 0.15) is 11.8 Å². The minimum absolute atomic E-state index is 0.0487. The lowest BCUT2D eigenvalue weighted by molar-refractivity contribution is -0.144. The molecule has 6 nitrogen and oxygen atoms in total. The highest BCUT2D eigenvalue weighted by Crippen LogP contribution is 2.18. The molecule has 0 saturated heterocycles. The number of esters is 1. The average Bonchev–Trinajstić information content (AvgIpc) is 2.67. The third kappa shape index (κ3) is 5.26. The van der Waals surface area contributed by atoms with Crippen molar-refractivity contribution in [1.29, 1.82) is 0 Å². The average molecular weight is 405 g/mol. The van der Waals surface area contributed by atoms with Crippen LogP contribution in [0, 0.1) is 0 Å². The standard InChI is InChI=1S/C19H17ClN2O4S/c20-18-8-5-14(12-21-18)13-26-19(23)9-10-22-27(24,25)17-7-6-15-3-1-2-4-16(15)11-17/h1-8,11-12,22H,9-10,13H2. The second-order valence-electron chi connectivity index (χ2n) is 5.81. The predicted molar refractivity (Wildman–Crippen MR) is 103 cm³/mol. The smallest absolute Gasteiger partial charge is 0.307 e. The lowest BCUT2D eigenvalue weighted by Gasteiger charge is -2.08. The van der Waals surface area contributed by atoms with Crippen LogP contribution in [0.4, 0.5) is 0 Å². The quantitative estimate of drug-likeness (QED) is 0.482. The van der Waals surface area contributed by atoms with Gasteiger partial charge >= 0.3 is 5.97 Å². The van der Waals surface area contributed by atoms with Crippen molar-refractivity contribution < 1.29 is 17.9 Å². The molecule has 1 heterocycles. The van der Waals surface area contributed by atoms with Crippen molar-refractivity contribution in [2.45, 2.75) is 17.9 Å². The number of hydrogen-bond acceptors (Lipinski definition) is 5. The van der Waals surface area contributed by atoms with Crippen molar-refractivity contribution in [1.82, 2.24) is 9.71 Å². The van der Waals surface area contributed by atoms with Crippen LogP contribution in [0.1, 0.15) is 12.0 Å². The van der Waals surface area contributed by atoms with Crippen LogP contribution in [0.2, 0.25) is 5.15 Å². The topological polar surface area (TPSA) is 85.4 Å². The van der Waals surface area contributed by atoms with E-state index in [0.29, 0.717) is 10.7 Å². The molecule has 0 spiro atoms. The number of halogens is 1. The van der Waals surface area contributed by atoms with Crippen molar-refractivity contribution in [3.05, 3.63) is 71.5 Å². The molecule has 3 rings (SSSR count). The predicted octanol–water partition coefficient (Wildman–Crippen LogP) is 3.30. The molecule has 1 aromatic heterocycles. The van der Waals surface area contributed by atoms with Crippen LogP contribution in [0.3, 0.4) is 0 Å². The number of sulfonamides is 1. The van der Waals surface area contributed by atoms with E-state index in [2.05, 4.69) is 9.71 Å². The molecule has 140 valence electrons. The Morgan fingerprint density at radius 2 is 1.85 bits per heavy atom. The zero-order chi connectivity index (χ0) is 19.3. The minimum Gasteiger partial charge on any atom is -0.461 e. The van der Waals surface area contributed by atoms with Crippen molar-refractivity contribution in [2.75, 3.05) is 6.54 Å². The van der Waals surface area contributed by atoms with Crippen LogP contribution in [0.15, 0.2) is 65.7 Å². The van der Waals surface area contributed by atoms with Gasteiger partial charge in [-0.1, -0.05) is 48.0 Å². The largest absolute Gasteiger partial charge is 0.461 e. The highest BCUT2D eigenvalue weighted by atomic mass is 35.5. The van der Waals surface area contributed by atoms with E-state index in [9.17, 15) is 13.2 Å². The molecule has 0 unspecified atom stereocenters. The van der Waals surface area contributed by atoms with Gasteiger partial charge in [-0.2, -0.15) is 0 Å². The summed E-state index contributed by atoms with van der Waals surface area (Å²) in [5.41, 5.74) is 0.699. The van der Waals surface area contributed by atoms with Crippen molar-refractivity contribution in [3.8, 4) is 0 Å². The summed E-state index contributed by atoms with van der Waals surface area (Å²) in [6.07, 6.45) is 1.44. The Morgan fingerprint density at radius 1 is 1.07 bits per heavy atom. The minimum atomic E-state index is -3.70. The SMILES string of the molecule is O=C(CCNS(=O)(=O)c1ccc2ccccc2c1)OCc1ccc(Cl)nc1. The Balaban J connectivity index is 1.52. The molecule has 8 heteroatoms. The fourth-order valence-corrected chi connectivity index (χ4v) is 3.61. The Bertz CT molecular complexity index is 1050. The fraction of sp³-hybridized carbons (Fsp3) is 0.158. The summed E-state index contributed by atoms with van der Waals surface area (Å²) < 4.78 is 32.3. The number of fused-ring (bicyclic) bond motifs is 1. The van der Waals surface area contributed by atoms with E-state index in [1.165, 1.54) is 12.3 Å². The van der Waals surface area contributed by atoms with E-state index >= 15 is 0 Å². The zero-order valence-corrected chi connectivity index (χ0v) is 15.8. The molecular weight excluding hydrogens is 388 g/mol. The molecule has 0 atom stereocenters. The number of ether oxygens (including phenoxy) is 1. The molecule has 0 aliphatic carbocycles. The van der Waals surface area contributed by atoms with Gasteiger partial charge in [0.2, 0.25) is 10.0 Å². The van der Waals surface area contributed by atoms with Gasteiger partial charge in [0.15, 0.2) is 0 Å². The van der Waals surface area contributed by atoms with E-state index in [-0.39, 0.29) is 24.5 Å². The van der Waals surface area contributed by atoms with Gasteiger partial charge in [-0.3, -0.25) is 4.79 Å². The molecule has 0 saturated carbocycles. The molecule has 27 heavy (non-hydrogen) atoms. The lowest BCUT2D eigenvalue weighted by Crippen LogP contribution is -2.26. The molecule has 0 aliphatic heterocycles. The molecule has 1 N–H and O–H groups in total. The van der Waals surface area contributed by atoms with Gasteiger partial charge in [-0.25, -0.2) is 18.1 Å². The van der Waals surface area contributed by atoms with Gasteiger partial charge in [-0.05, 0) is 29.0 Å². The monoisotopic (exact) mass is 404 g/mol. The number of nitrogens with one attached hydrogen (secondary N) is 1. The van der Waals surface area contributed by atoms with Crippen LogP contribution in [0.5, 0.6) is 0 Å². The summed E-state index contributed by atoms with van der Waals surface area (Å²) in [5, 5.41) is 2.14. The summed E-state index contributed by atoms with van der Waals surface area (Å²) in [5.74, 6) is -0.508. The number of pyridine rings is 1. The van der Waals surface area contributed by atoms with Crippen LogP contribution < -0.4 is 4.72 Å². The van der Waals surface area contributed by atoms with E-state index in [1.807, 2.05) is 24.3 Å². The third-order valence-corrected chi connectivity index (χ3v) is 5.52. The van der Waals surface area contributed by atoms with Gasteiger partial charge in [0.05, 0.1) is 11.3 Å². The molecule has 0 bridgehead atoms. The number of carbonyl (C=O) groups is 1. The molecule has 0 radical (unpaired) electrons. The maximum absolute atomic E-state index is 12.4. The molecule has 3 aromatic rings. The Kier molecular flexibility index (Phi) is 6.05. The fourth-order valence-electron chi connectivity index (χ4n) is 2.43. The number of hydrogen-bond donors (Lipinski definition) is 1. The summed E-state index contributed by atoms with van der Waals surface area (Å²) >= 11 is 5.68. The van der Waals surface area contributed by atoms with Gasteiger partial charge in [0, 0.05) is 18.3 Å². The second kappa shape index (κ2) is 8.47. The molecule has 0 amide bonds. The summed E-state index contributed by atoms with van der Waals surface area (Å²) in [7, 11) is -3.70. The Labute approximate surface area is 162 Å². The Hall–Kier alpha value is -2.48. The summed E-state index contributed by atoms with van der Waals surface area (Å²) in [6.45, 7) is 0.00723. The van der Waals surface area contributed by atoms with Gasteiger partial charge in [-0.15, -0.1) is 0 Å². The lowest BCUT2D eigenvalue weighted by atomic mass is 10.1. The maximum atomic E-state index is 12.4. The molecule has 2 aromatic carbocycles. The second-order valence-corrected chi connectivity index (χ2v) is 7.96. The first-order chi connectivity index (χ1) is 12.9. The first-order valence-corrected chi connectivity index (χ1v) is 10.0. The van der Waals surface area contributed by atoms with Crippen LogP contribution >= 0.6 is 11.6 Å². The van der Waals surface area contributed by atoms with Crippen molar-refractivity contribution in [3.63, 3.8) is 0 Å². The van der Waals surface area contributed by atoms with E-state index < -0.39 is 16.0 Å². The van der Waals surface area contributed by atoms with Crippen LogP contribution in [-0.2, 0) is 26.2 Å². The molecule has 0 aliphatic rings. The molecule has 0 fully saturated rings. The summed E-state index contributed by atoms with van der Waals surface area (Å²) in [4.78, 5) is 15.8. The zero-order valence-electron chi connectivity index (χ0n) is 14.3. The number of rotatable bonds is 7. The van der Waals surface area contributed by atoms with Crippen molar-refractivity contribution >= 4 is 38.4 Å². The maximum Gasteiger partial charge on any atom is 0.307 e. The normalized spacial score (nSPS) is 11.4. The van der Waals surface area contributed by atoms with E-state index in [1.54, 1.807) is 24.3 Å². The number of benzene rings is 2. The number of aromatic nitrogens is 1. The van der Waals surface area contributed by atoms with Crippen LogP contribution in [0.25, 0.3) is 10.8 Å².